The number of halogens is 2. The van der Waals surface area contributed by atoms with Crippen molar-refractivity contribution in [1.29, 1.82) is 0 Å². The number of hydrogen-bond acceptors (Lipinski definition) is 5. The Morgan fingerprint density at radius 1 is 1.17 bits per heavy atom. The normalized spacial score (nSPS) is 14.8. The van der Waals surface area contributed by atoms with E-state index in [1.165, 1.54) is 6.07 Å². The van der Waals surface area contributed by atoms with Crippen molar-refractivity contribution in [3.05, 3.63) is 75.7 Å². The second-order valence-corrected chi connectivity index (χ2v) is 10.0. The summed E-state index contributed by atoms with van der Waals surface area (Å²) in [7, 11) is 1.88. The van der Waals surface area contributed by atoms with E-state index in [-0.39, 0.29) is 11.0 Å². The molecule has 1 amide bonds. The molecular weight excluding hydrogens is 466 g/mol. The van der Waals surface area contributed by atoms with Crippen LogP contribution in [0, 0.1) is 0 Å². The van der Waals surface area contributed by atoms with E-state index in [4.69, 9.17) is 0 Å². The number of alkyl halides is 2. The second-order valence-electron chi connectivity index (χ2n) is 10.0. The van der Waals surface area contributed by atoms with Crippen molar-refractivity contribution < 1.29 is 13.6 Å². The number of rotatable bonds is 8. The van der Waals surface area contributed by atoms with Crippen molar-refractivity contribution in [2.75, 3.05) is 18.4 Å². The van der Waals surface area contributed by atoms with Crippen LogP contribution in [0.1, 0.15) is 67.0 Å². The summed E-state index contributed by atoms with van der Waals surface area (Å²) in [4.78, 5) is 28.0. The number of anilines is 1. The van der Waals surface area contributed by atoms with Crippen LogP contribution in [0.15, 0.2) is 47.7 Å². The van der Waals surface area contributed by atoms with Gasteiger partial charge < -0.3 is 9.88 Å². The van der Waals surface area contributed by atoms with Crippen LogP contribution in [0.4, 0.5) is 14.5 Å². The number of aromatic nitrogens is 4. The van der Waals surface area contributed by atoms with Gasteiger partial charge in [0.15, 0.2) is 0 Å². The summed E-state index contributed by atoms with van der Waals surface area (Å²) in [6.45, 7) is 3.24. The molecule has 3 heterocycles. The molecule has 0 saturated carbocycles. The average Bonchev–Trinajstić information content (AvgIpc) is 3.24. The lowest BCUT2D eigenvalue weighted by Gasteiger charge is -2.26. The number of amides is 1. The zero-order valence-electron chi connectivity index (χ0n) is 20.9. The molecule has 2 aromatic heterocycles. The van der Waals surface area contributed by atoms with E-state index in [9.17, 15) is 18.4 Å². The summed E-state index contributed by atoms with van der Waals surface area (Å²) in [5.41, 5.74) is 0.316. The quantitative estimate of drug-likeness (QED) is 0.505. The molecule has 192 valence electrons. The first kappa shape index (κ1) is 25.7. The second kappa shape index (κ2) is 10.7. The van der Waals surface area contributed by atoms with E-state index in [0.29, 0.717) is 28.8 Å². The van der Waals surface area contributed by atoms with Crippen molar-refractivity contribution in [2.45, 2.75) is 58.0 Å². The number of nitrogens with zero attached hydrogens (tertiary/aromatic N) is 5. The van der Waals surface area contributed by atoms with Gasteiger partial charge in [0, 0.05) is 31.9 Å². The lowest BCUT2D eigenvalue weighted by Crippen LogP contribution is -2.33. The monoisotopic (exact) mass is 498 g/mol. The molecule has 1 aromatic carbocycles. The molecule has 0 atom stereocenters. The van der Waals surface area contributed by atoms with Crippen LogP contribution in [0.3, 0.4) is 0 Å². The third kappa shape index (κ3) is 5.87. The van der Waals surface area contributed by atoms with Gasteiger partial charge in [-0.2, -0.15) is 8.78 Å². The van der Waals surface area contributed by atoms with E-state index in [1.54, 1.807) is 12.4 Å². The number of hydrogen-bond donors (Lipinski definition) is 1. The molecule has 1 saturated heterocycles. The standard InChI is InChI=1S/C26H32F2N6O2/c1-26(2,14-22-31-29-17-32(22)3)19-8-7-9-20(13-19)30-23(35)21-12-18(15-33-10-5-4-6-11-33)16-34(24(21)36)25(27)28/h7-9,12-13,16-17,25H,4-6,10-11,14-15H2,1-3H3,(H,30,35). The van der Waals surface area contributed by atoms with Gasteiger partial charge in [0.25, 0.3) is 11.5 Å². The van der Waals surface area contributed by atoms with Gasteiger partial charge in [0.2, 0.25) is 0 Å². The largest absolute Gasteiger partial charge is 0.322 e. The Bertz CT molecular complexity index is 1280. The van der Waals surface area contributed by atoms with Gasteiger partial charge in [-0.05, 0) is 60.7 Å². The van der Waals surface area contributed by atoms with Crippen LogP contribution in [0.5, 0.6) is 0 Å². The number of nitrogens with one attached hydrogen (secondary N) is 1. The highest BCUT2D eigenvalue weighted by molar-refractivity contribution is 6.04. The fourth-order valence-electron chi connectivity index (χ4n) is 4.61. The molecule has 0 aliphatic carbocycles. The number of carbonyl (C=O) groups is 1. The molecule has 1 fully saturated rings. The predicted octanol–water partition coefficient (Wildman–Crippen LogP) is 4.13. The highest BCUT2D eigenvalue weighted by Gasteiger charge is 2.25. The smallest absolute Gasteiger partial charge is 0.321 e. The Kier molecular flexibility index (Phi) is 7.63. The molecule has 0 spiro atoms. The first-order valence-electron chi connectivity index (χ1n) is 12.1. The molecule has 1 aliphatic rings. The lowest BCUT2D eigenvalue weighted by molar-refractivity contribution is 0.0653. The molecule has 3 aromatic rings. The van der Waals surface area contributed by atoms with Crippen molar-refractivity contribution >= 4 is 11.6 Å². The molecule has 36 heavy (non-hydrogen) atoms. The highest BCUT2D eigenvalue weighted by atomic mass is 19.3. The Morgan fingerprint density at radius 2 is 1.92 bits per heavy atom. The fraction of sp³-hybridized carbons (Fsp3) is 0.462. The maximum atomic E-state index is 13.6. The van der Waals surface area contributed by atoms with Gasteiger partial charge in [-0.3, -0.25) is 19.1 Å². The Balaban J connectivity index is 1.57. The Morgan fingerprint density at radius 3 is 2.58 bits per heavy atom. The van der Waals surface area contributed by atoms with Gasteiger partial charge >= 0.3 is 6.55 Å². The van der Waals surface area contributed by atoms with Crippen molar-refractivity contribution in [3.8, 4) is 0 Å². The van der Waals surface area contributed by atoms with Gasteiger partial charge in [0.05, 0.1) is 0 Å². The third-order valence-electron chi connectivity index (χ3n) is 6.72. The van der Waals surface area contributed by atoms with Gasteiger partial charge in [-0.15, -0.1) is 10.2 Å². The minimum atomic E-state index is -3.03. The summed E-state index contributed by atoms with van der Waals surface area (Å²) in [5, 5.41) is 10.8. The van der Waals surface area contributed by atoms with Crippen LogP contribution in [-0.2, 0) is 25.4 Å². The highest BCUT2D eigenvalue weighted by Crippen LogP contribution is 2.29. The van der Waals surface area contributed by atoms with Crippen LogP contribution in [0.2, 0.25) is 0 Å². The fourth-order valence-corrected chi connectivity index (χ4v) is 4.61. The summed E-state index contributed by atoms with van der Waals surface area (Å²) in [6, 6.07) is 8.75. The number of pyridine rings is 1. The maximum Gasteiger partial charge on any atom is 0.321 e. The van der Waals surface area contributed by atoms with Crippen LogP contribution < -0.4 is 10.9 Å². The van der Waals surface area contributed by atoms with Crippen molar-refractivity contribution in [1.82, 2.24) is 24.2 Å². The summed E-state index contributed by atoms with van der Waals surface area (Å²) in [6.07, 6.45) is 6.67. The Labute approximate surface area is 209 Å². The van der Waals surface area contributed by atoms with Crippen molar-refractivity contribution in [3.63, 3.8) is 0 Å². The SMILES string of the molecule is Cn1cnnc1CC(C)(C)c1cccc(NC(=O)c2cc(CN3CCCCC3)cn(C(F)F)c2=O)c1. The van der Waals surface area contributed by atoms with Gasteiger partial charge in [0.1, 0.15) is 17.7 Å². The number of piperidine rings is 1. The van der Waals surface area contributed by atoms with Crippen LogP contribution in [0.25, 0.3) is 0 Å². The minimum absolute atomic E-state index is 0.298. The molecule has 0 bridgehead atoms. The number of carbonyl (C=O) groups excluding carboxylic acids is 1. The zero-order valence-corrected chi connectivity index (χ0v) is 20.9. The summed E-state index contributed by atoms with van der Waals surface area (Å²) >= 11 is 0. The summed E-state index contributed by atoms with van der Waals surface area (Å²) in [5.74, 6) is 0.116. The van der Waals surface area contributed by atoms with Crippen molar-refractivity contribution in [2.24, 2.45) is 7.05 Å². The van der Waals surface area contributed by atoms with E-state index in [0.717, 1.165) is 49.9 Å². The third-order valence-corrected chi connectivity index (χ3v) is 6.72. The maximum absolute atomic E-state index is 13.6. The Hall–Kier alpha value is -3.40. The molecule has 4 rings (SSSR count). The molecule has 0 unspecified atom stereocenters. The van der Waals surface area contributed by atoms with Crippen LogP contribution in [-0.4, -0.2) is 43.2 Å². The van der Waals surface area contributed by atoms with Crippen LogP contribution >= 0.6 is 0 Å². The molecular formula is C26H32F2N6O2. The predicted molar refractivity (Wildman–Crippen MR) is 133 cm³/mol. The lowest BCUT2D eigenvalue weighted by atomic mass is 9.81. The number of likely N-dealkylation sites (tertiary alicyclic amines) is 1. The first-order chi connectivity index (χ1) is 17.1. The van der Waals surface area contributed by atoms with E-state index < -0.39 is 18.0 Å². The average molecular weight is 499 g/mol. The zero-order chi connectivity index (χ0) is 25.9. The van der Waals surface area contributed by atoms with E-state index >= 15 is 0 Å². The van der Waals surface area contributed by atoms with Gasteiger partial charge in [-0.1, -0.05) is 32.4 Å². The molecule has 8 nitrogen and oxygen atoms in total. The minimum Gasteiger partial charge on any atom is -0.322 e. The molecule has 10 heteroatoms. The molecule has 1 N–H and O–H groups in total. The molecule has 0 radical (unpaired) electrons. The summed E-state index contributed by atoms with van der Waals surface area (Å²) < 4.78 is 29.5. The topological polar surface area (TPSA) is 85.1 Å². The molecule has 1 aliphatic heterocycles. The van der Waals surface area contributed by atoms with Gasteiger partial charge in [-0.25, -0.2) is 0 Å². The number of benzene rings is 1. The van der Waals surface area contributed by atoms with E-state index in [1.807, 2.05) is 29.8 Å². The number of aryl methyl sites for hydroxylation is 1. The first-order valence-corrected chi connectivity index (χ1v) is 12.1. The van der Waals surface area contributed by atoms with E-state index in [2.05, 4.69) is 34.3 Å².